The third kappa shape index (κ3) is 37.7. The quantitative estimate of drug-likeness (QED) is 0.0422. The van der Waals surface area contributed by atoms with Crippen LogP contribution in [0.25, 0.3) is 0 Å². The van der Waals surface area contributed by atoms with Gasteiger partial charge in [-0.3, -0.25) is 43.7 Å². The van der Waals surface area contributed by atoms with Crippen LogP contribution in [-0.2, 0) is 63.7 Å². The van der Waals surface area contributed by atoms with Crippen molar-refractivity contribution in [3.63, 3.8) is 0 Å². The number of hydrogen-bond acceptors (Lipinski definition) is 14. The van der Waals surface area contributed by atoms with Gasteiger partial charge in [-0.1, -0.05) is 77.0 Å². The number of aliphatic carboxylic acids is 2. The van der Waals surface area contributed by atoms with Crippen LogP contribution in [0.15, 0.2) is 12.5 Å². The first-order chi connectivity index (χ1) is 34.6. The molecule has 0 saturated carbocycles. The molecule has 0 saturated heterocycles. The number of carbonyl (C=O) groups excluding carboxylic acids is 6. The van der Waals surface area contributed by atoms with Gasteiger partial charge in [-0.25, -0.2) is 10.7 Å². The highest BCUT2D eigenvalue weighted by molar-refractivity contribution is 5.95. The van der Waals surface area contributed by atoms with Crippen LogP contribution in [-0.4, -0.2) is 171 Å². The number of aromatic nitrogens is 2. The Bertz CT molecular complexity index is 1670. The number of aromatic amines is 1. The van der Waals surface area contributed by atoms with Gasteiger partial charge in [0.15, 0.2) is 5.78 Å². The van der Waals surface area contributed by atoms with E-state index in [0.29, 0.717) is 38.1 Å². The van der Waals surface area contributed by atoms with Crippen molar-refractivity contribution in [2.75, 3.05) is 85.6 Å². The summed E-state index contributed by atoms with van der Waals surface area (Å²) in [6.45, 7) is 4.08. The predicted octanol–water partition coefficient (Wildman–Crippen LogP) is 2.14. The van der Waals surface area contributed by atoms with Crippen molar-refractivity contribution in [1.82, 2.24) is 47.6 Å². The number of nitrogens with zero attached hydrogens (tertiary/aromatic N) is 1. The van der Waals surface area contributed by atoms with Crippen molar-refractivity contribution < 1.29 is 67.5 Å². The molecule has 0 aromatic carbocycles. The largest absolute Gasteiger partial charge is 0.481 e. The fourth-order valence-corrected chi connectivity index (χ4v) is 7.09. The molecular weight excluding hydrogens is 939 g/mol. The minimum absolute atomic E-state index is 0.0195. The normalized spacial score (nSPS) is 12.2. The Morgan fingerprint density at radius 3 is 1.60 bits per heavy atom. The van der Waals surface area contributed by atoms with Crippen LogP contribution >= 0.6 is 0 Å². The Labute approximate surface area is 425 Å². The van der Waals surface area contributed by atoms with Gasteiger partial charge in [-0.2, -0.15) is 0 Å². The number of carboxylic acids is 2. The Hall–Kier alpha value is -5.07. The molecule has 23 heteroatoms. The standard InChI is InChI=1S/C49H86N9O14/c1-49(2,58-47(67)39(50)31-38-32-51-37-57-38)41(59)33-55-40(48(68)56-34-46(65)66)19-17-18-22-52-43(61)35-71-29-28-70-26-24-54-44(62)36-72-30-27-69-25-23-53-42(60)20-15-13-11-9-7-5-3-4-6-8-10-12-14-16-21-45(63)64/h32,37,39-40,50,55H,3-31,33-36H2,1-2H3,(H,51,57)(H,52,61)(H,53,60)(H,54,62)(H,56,68)(H,58,67)(H,63,64)(H,65,66)/t39-,40-/m0/s1. The average molecular weight is 1030 g/mol. The van der Waals surface area contributed by atoms with Gasteiger partial charge in [-0.05, 0) is 46.0 Å². The molecule has 0 spiro atoms. The van der Waals surface area contributed by atoms with Crippen molar-refractivity contribution in [1.29, 1.82) is 0 Å². The lowest BCUT2D eigenvalue weighted by molar-refractivity contribution is -0.138. The van der Waals surface area contributed by atoms with Crippen molar-refractivity contribution in [2.45, 2.75) is 160 Å². The van der Waals surface area contributed by atoms with Crippen LogP contribution in [0, 0.1) is 0 Å². The van der Waals surface area contributed by atoms with E-state index in [2.05, 4.69) is 41.9 Å². The van der Waals surface area contributed by atoms with Gasteiger partial charge >= 0.3 is 11.9 Å². The summed E-state index contributed by atoms with van der Waals surface area (Å²) in [7, 11) is 0. The fraction of sp³-hybridized carbons (Fsp3) is 0.776. The molecule has 0 aliphatic carbocycles. The van der Waals surface area contributed by atoms with Gasteiger partial charge in [0.05, 0.1) is 64.1 Å². The number of carbonyl (C=O) groups is 8. The molecule has 10 N–H and O–H groups in total. The number of nitrogens with one attached hydrogen (secondary N) is 8. The lowest BCUT2D eigenvalue weighted by Gasteiger charge is -2.27. The van der Waals surface area contributed by atoms with E-state index in [4.69, 9.17) is 34.9 Å². The van der Waals surface area contributed by atoms with Crippen LogP contribution in [0.5, 0.6) is 0 Å². The average Bonchev–Trinajstić information content (AvgIpc) is 3.85. The van der Waals surface area contributed by atoms with Crippen molar-refractivity contribution in [2.24, 2.45) is 0 Å². The second-order valence-electron chi connectivity index (χ2n) is 18.1. The lowest BCUT2D eigenvalue weighted by Crippen LogP contribution is -2.57. The predicted molar refractivity (Wildman–Crippen MR) is 267 cm³/mol. The molecule has 0 fully saturated rings. The number of unbranched alkanes of at least 4 members (excludes halogenated alkanes) is 14. The maximum atomic E-state index is 13.1. The molecule has 1 aromatic heterocycles. The summed E-state index contributed by atoms with van der Waals surface area (Å²) < 4.78 is 21.6. The van der Waals surface area contributed by atoms with Gasteiger partial charge in [0.2, 0.25) is 29.5 Å². The first-order valence-electron chi connectivity index (χ1n) is 25.7. The molecule has 5 amide bonds. The first-order valence-corrected chi connectivity index (χ1v) is 25.7. The van der Waals surface area contributed by atoms with Crippen molar-refractivity contribution in [3.05, 3.63) is 18.2 Å². The third-order valence-electron chi connectivity index (χ3n) is 11.3. The fourth-order valence-electron chi connectivity index (χ4n) is 7.09. The molecule has 0 unspecified atom stereocenters. The number of carboxylic acid groups (broad SMARTS) is 2. The molecule has 0 bridgehead atoms. The molecule has 0 aliphatic rings. The molecule has 1 aromatic rings. The number of imidazole rings is 1. The van der Waals surface area contributed by atoms with Crippen LogP contribution < -0.4 is 37.6 Å². The minimum Gasteiger partial charge on any atom is -0.481 e. The highest BCUT2D eigenvalue weighted by Gasteiger charge is 2.32. The first kappa shape index (κ1) is 64.9. The number of Topliss-reactive ketones (excluding diaryl/α,β-unsaturated/α-hetero) is 1. The van der Waals surface area contributed by atoms with Crippen molar-refractivity contribution in [3.8, 4) is 0 Å². The molecule has 1 rings (SSSR count). The Morgan fingerprint density at radius 1 is 0.583 bits per heavy atom. The highest BCUT2D eigenvalue weighted by Crippen LogP contribution is 2.14. The second kappa shape index (κ2) is 42.4. The van der Waals surface area contributed by atoms with E-state index in [1.807, 2.05) is 0 Å². The molecule has 1 radical (unpaired) electrons. The van der Waals surface area contributed by atoms with Crippen LogP contribution in [0.2, 0.25) is 0 Å². The molecule has 0 aliphatic heterocycles. The van der Waals surface area contributed by atoms with E-state index in [1.165, 1.54) is 77.7 Å². The Kier molecular flexibility index (Phi) is 38.3. The van der Waals surface area contributed by atoms with E-state index in [0.717, 1.165) is 38.5 Å². The number of hydrogen-bond donors (Lipinski definition) is 9. The molecular formula is C49H86N9O14. The van der Waals surface area contributed by atoms with Crippen LogP contribution in [0.3, 0.4) is 0 Å². The summed E-state index contributed by atoms with van der Waals surface area (Å²) in [5, 5.41) is 33.6. The monoisotopic (exact) mass is 1020 g/mol. The number of amides is 5. The summed E-state index contributed by atoms with van der Waals surface area (Å²) in [5.74, 6) is -4.33. The third-order valence-corrected chi connectivity index (χ3v) is 11.3. The zero-order chi connectivity index (χ0) is 53.1. The van der Waals surface area contributed by atoms with E-state index in [1.54, 1.807) is 0 Å². The summed E-state index contributed by atoms with van der Waals surface area (Å²) in [4.78, 5) is 103. The molecule has 2 atom stereocenters. The zero-order valence-corrected chi connectivity index (χ0v) is 42.9. The Balaban J connectivity index is 2.01. The number of ether oxygens (including phenoxy) is 4. The van der Waals surface area contributed by atoms with Gasteiger partial charge in [0.25, 0.3) is 0 Å². The summed E-state index contributed by atoms with van der Waals surface area (Å²) in [6.07, 6.45) is 20.9. The topological polar surface area (TPSA) is 339 Å². The number of ketones is 1. The van der Waals surface area contributed by atoms with Crippen LogP contribution in [0.1, 0.15) is 142 Å². The summed E-state index contributed by atoms with van der Waals surface area (Å²) in [5.41, 5.74) is 7.35. The van der Waals surface area contributed by atoms with Crippen LogP contribution in [0.4, 0.5) is 0 Å². The van der Waals surface area contributed by atoms with E-state index < -0.39 is 53.7 Å². The van der Waals surface area contributed by atoms with Gasteiger partial charge in [0.1, 0.15) is 25.8 Å². The van der Waals surface area contributed by atoms with Crippen molar-refractivity contribution >= 4 is 47.3 Å². The van der Waals surface area contributed by atoms with Gasteiger partial charge < -0.3 is 60.7 Å². The van der Waals surface area contributed by atoms with Gasteiger partial charge in [-0.15, -0.1) is 0 Å². The summed E-state index contributed by atoms with van der Waals surface area (Å²) >= 11 is 0. The molecule has 1 heterocycles. The number of rotatable bonds is 49. The maximum absolute atomic E-state index is 13.1. The second-order valence-corrected chi connectivity index (χ2v) is 18.1. The van der Waals surface area contributed by atoms with E-state index in [-0.39, 0.29) is 103 Å². The maximum Gasteiger partial charge on any atom is 0.322 e. The van der Waals surface area contributed by atoms with E-state index in [9.17, 15) is 38.4 Å². The number of H-pyrrole nitrogens is 1. The minimum atomic E-state index is -1.37. The SMILES string of the molecule is CC(C)(NC(=O)[C@@H]([NH])Cc1cnc[nH]1)C(=O)CN[C@@H](CCCCNC(=O)COCCOCCNC(=O)COCCOCCNC(=O)CCCCCCCCCCCCCCCCC(=O)O)C(=O)NCC(=O)O. The molecule has 72 heavy (non-hydrogen) atoms. The highest BCUT2D eigenvalue weighted by atomic mass is 16.5. The Morgan fingerprint density at radius 2 is 1.08 bits per heavy atom. The van der Waals surface area contributed by atoms with Gasteiger partial charge in [0, 0.05) is 50.8 Å². The summed E-state index contributed by atoms with van der Waals surface area (Å²) in [6, 6.07) is -2.12. The lowest BCUT2D eigenvalue weighted by atomic mass is 9.97. The zero-order valence-electron chi connectivity index (χ0n) is 42.9. The smallest absolute Gasteiger partial charge is 0.322 e. The van der Waals surface area contributed by atoms with E-state index >= 15 is 0 Å². The molecule has 411 valence electrons. The molecule has 23 nitrogen and oxygen atoms in total.